The summed E-state index contributed by atoms with van der Waals surface area (Å²) in [7, 11) is 2.42. The molecule has 0 N–H and O–H groups in total. The molecule has 0 radical (unpaired) electrons. The fraction of sp³-hybridized carbons (Fsp3) is 0.625. The first kappa shape index (κ1) is 21.8. The fourth-order valence-corrected chi connectivity index (χ4v) is 5.89. The second-order valence-corrected chi connectivity index (χ2v) is 9.24. The van der Waals surface area contributed by atoms with E-state index in [2.05, 4.69) is 51.2 Å². The van der Waals surface area contributed by atoms with Crippen LogP contribution in [0.25, 0.3) is 5.57 Å². The van der Waals surface area contributed by atoms with Crippen molar-refractivity contribution in [3.63, 3.8) is 0 Å². The van der Waals surface area contributed by atoms with Crippen molar-refractivity contribution in [2.24, 2.45) is 5.92 Å². The van der Waals surface area contributed by atoms with E-state index in [0.717, 1.165) is 32.1 Å². The summed E-state index contributed by atoms with van der Waals surface area (Å²) in [6.07, 6.45) is 10.1. The minimum Gasteiger partial charge on any atom is -1.00 e. The third kappa shape index (κ3) is 3.91. The smallest absolute Gasteiger partial charge is 0.313 e. The van der Waals surface area contributed by atoms with Gasteiger partial charge in [0.2, 0.25) is 0 Å². The van der Waals surface area contributed by atoms with Crippen molar-refractivity contribution >= 4 is 11.5 Å². The minimum atomic E-state index is -0.0910. The summed E-state index contributed by atoms with van der Waals surface area (Å²) in [6, 6.07) is 12.3. The van der Waals surface area contributed by atoms with Crippen LogP contribution in [-0.4, -0.2) is 41.7 Å². The monoisotopic (exact) mass is 495 g/mol. The van der Waals surface area contributed by atoms with E-state index in [4.69, 9.17) is 4.74 Å². The number of quaternary nitrogens is 1. The van der Waals surface area contributed by atoms with Gasteiger partial charge < -0.3 is 33.2 Å². The van der Waals surface area contributed by atoms with Gasteiger partial charge in [0.05, 0.1) is 31.1 Å². The van der Waals surface area contributed by atoms with Gasteiger partial charge in [-0.15, -0.1) is 0 Å². The van der Waals surface area contributed by atoms with E-state index in [9.17, 15) is 4.79 Å². The number of hydrogen-bond donors (Lipinski definition) is 0. The lowest BCUT2D eigenvalue weighted by molar-refractivity contribution is -0.968. The number of carbonyl (C=O) groups excluding carboxylic acids is 1. The second-order valence-electron chi connectivity index (χ2n) is 9.24. The molecule has 2 heterocycles. The predicted molar refractivity (Wildman–Crippen MR) is 109 cm³/mol. The zero-order chi connectivity index (χ0) is 19.0. The van der Waals surface area contributed by atoms with E-state index >= 15 is 0 Å². The van der Waals surface area contributed by atoms with Gasteiger partial charge in [-0.05, 0) is 44.2 Å². The quantitative estimate of drug-likeness (QED) is 0.363. The number of esters is 1. The van der Waals surface area contributed by atoms with Gasteiger partial charge >= 0.3 is 5.97 Å². The molecule has 0 spiro atoms. The number of fused-ring (bicyclic) bond motifs is 2. The van der Waals surface area contributed by atoms with E-state index < -0.39 is 0 Å². The molecule has 3 nitrogen and oxygen atoms in total. The second kappa shape index (κ2) is 8.86. The van der Waals surface area contributed by atoms with Crippen molar-refractivity contribution in [3.05, 3.63) is 42.0 Å². The van der Waals surface area contributed by atoms with Crippen LogP contribution in [0, 0.1) is 5.92 Å². The van der Waals surface area contributed by atoms with E-state index in [0.29, 0.717) is 18.1 Å². The molecule has 2 aliphatic heterocycles. The van der Waals surface area contributed by atoms with Gasteiger partial charge in [0, 0.05) is 25.7 Å². The van der Waals surface area contributed by atoms with Gasteiger partial charge in [-0.3, -0.25) is 4.79 Å². The molecule has 1 aromatic carbocycles. The zero-order valence-corrected chi connectivity index (χ0v) is 19.6. The number of piperidine rings is 1. The molecule has 3 unspecified atom stereocenters. The zero-order valence-electron chi connectivity index (χ0n) is 17.4. The summed E-state index contributed by atoms with van der Waals surface area (Å²) in [4.78, 5) is 13.1. The molecule has 1 aliphatic carbocycles. The molecule has 0 aromatic heterocycles. The van der Waals surface area contributed by atoms with Crippen LogP contribution >= 0.6 is 0 Å². The SMILES string of the molecule is CC(C)[N+]1(C)[C@@H]2CC[C@H]1CC(OC(=O)C1CCCC=C1c1ccccc1)C2.[I-]. The minimum absolute atomic E-state index is 0. The van der Waals surface area contributed by atoms with Crippen LogP contribution in [0.4, 0.5) is 0 Å². The van der Waals surface area contributed by atoms with Crippen LogP contribution in [0.15, 0.2) is 36.4 Å². The maximum atomic E-state index is 13.1. The Bertz CT molecular complexity index is 701. The molecule has 3 aliphatic rings. The molecule has 4 heteroatoms. The Morgan fingerprint density at radius 1 is 1.07 bits per heavy atom. The largest absolute Gasteiger partial charge is 1.00 e. The Morgan fingerprint density at radius 3 is 2.32 bits per heavy atom. The first-order valence-electron chi connectivity index (χ1n) is 10.8. The lowest BCUT2D eigenvalue weighted by Crippen LogP contribution is -3.00. The van der Waals surface area contributed by atoms with Crippen molar-refractivity contribution in [2.45, 2.75) is 83.0 Å². The number of nitrogens with zero attached hydrogens (tertiary/aromatic N) is 1. The van der Waals surface area contributed by atoms with E-state index in [1.807, 2.05) is 6.07 Å². The Balaban J connectivity index is 0.00000225. The third-order valence-electron chi connectivity index (χ3n) is 7.70. The van der Waals surface area contributed by atoms with Crippen LogP contribution in [0.5, 0.6) is 0 Å². The molecule has 2 saturated heterocycles. The Kier molecular flexibility index (Phi) is 6.91. The topological polar surface area (TPSA) is 26.3 Å². The third-order valence-corrected chi connectivity index (χ3v) is 7.70. The number of allylic oxidation sites excluding steroid dienone is 1. The number of hydrogen-bond acceptors (Lipinski definition) is 2. The number of halogens is 1. The summed E-state index contributed by atoms with van der Waals surface area (Å²) < 4.78 is 7.32. The number of carbonyl (C=O) groups is 1. The maximum absolute atomic E-state index is 13.1. The van der Waals surface area contributed by atoms with Gasteiger partial charge in [-0.25, -0.2) is 0 Å². The summed E-state index contributed by atoms with van der Waals surface area (Å²) in [5.41, 5.74) is 2.35. The van der Waals surface area contributed by atoms with Crippen LogP contribution in [0.3, 0.4) is 0 Å². The highest BCUT2D eigenvalue weighted by Crippen LogP contribution is 2.44. The van der Waals surface area contributed by atoms with Crippen LogP contribution in [0.1, 0.15) is 64.4 Å². The molecule has 0 amide bonds. The number of rotatable bonds is 4. The van der Waals surface area contributed by atoms with Crippen molar-refractivity contribution in [2.75, 3.05) is 7.05 Å². The van der Waals surface area contributed by atoms with E-state index in [-0.39, 0.29) is 42.0 Å². The molecule has 4 rings (SSSR count). The highest BCUT2D eigenvalue weighted by Gasteiger charge is 2.53. The molecule has 154 valence electrons. The van der Waals surface area contributed by atoms with Crippen molar-refractivity contribution in [1.29, 1.82) is 0 Å². The lowest BCUT2D eigenvalue weighted by atomic mass is 9.83. The Hall–Kier alpha value is -0.880. The fourth-order valence-electron chi connectivity index (χ4n) is 5.89. The highest BCUT2D eigenvalue weighted by atomic mass is 127. The molecule has 2 fully saturated rings. The van der Waals surface area contributed by atoms with Crippen molar-refractivity contribution in [1.82, 2.24) is 0 Å². The molecular formula is C24H34INO2. The standard InChI is InChI=1S/C24H34NO2.HI/c1-17(2)25(3)19-13-14-20(25)16-21(15-19)27-24(26)23-12-8-7-11-22(23)18-9-5-4-6-10-18;/h4-6,9-11,17,19-21,23H,7-8,12-16H2,1-3H3;1H/q+1;/p-1/t19-,20+,21?,23?,25?;. The molecule has 5 atom stereocenters. The normalized spacial score (nSPS) is 34.5. The number of benzene rings is 1. The Labute approximate surface area is 187 Å². The first-order valence-corrected chi connectivity index (χ1v) is 10.8. The maximum Gasteiger partial charge on any atom is 0.313 e. The molecular weight excluding hydrogens is 461 g/mol. The average molecular weight is 495 g/mol. The predicted octanol–water partition coefficient (Wildman–Crippen LogP) is 1.97. The summed E-state index contributed by atoms with van der Waals surface area (Å²) in [5, 5.41) is 0. The number of ether oxygens (including phenoxy) is 1. The van der Waals surface area contributed by atoms with Gasteiger partial charge in [0.15, 0.2) is 0 Å². The molecule has 1 aromatic rings. The average Bonchev–Trinajstić information content (AvgIpc) is 2.86. The summed E-state index contributed by atoms with van der Waals surface area (Å²) >= 11 is 0. The van der Waals surface area contributed by atoms with Gasteiger partial charge in [-0.1, -0.05) is 36.4 Å². The van der Waals surface area contributed by atoms with Gasteiger partial charge in [0.1, 0.15) is 6.10 Å². The summed E-state index contributed by atoms with van der Waals surface area (Å²) in [6.45, 7) is 4.69. The van der Waals surface area contributed by atoms with Gasteiger partial charge in [0.25, 0.3) is 0 Å². The Morgan fingerprint density at radius 2 is 1.71 bits per heavy atom. The van der Waals surface area contributed by atoms with Gasteiger partial charge in [-0.2, -0.15) is 0 Å². The van der Waals surface area contributed by atoms with Crippen molar-refractivity contribution in [3.8, 4) is 0 Å². The molecule has 28 heavy (non-hydrogen) atoms. The first-order chi connectivity index (χ1) is 13.0. The van der Waals surface area contributed by atoms with Crippen LogP contribution in [-0.2, 0) is 9.53 Å². The lowest BCUT2D eigenvalue weighted by Gasteiger charge is -2.49. The van der Waals surface area contributed by atoms with Crippen LogP contribution in [0.2, 0.25) is 0 Å². The van der Waals surface area contributed by atoms with E-state index in [1.165, 1.54) is 28.5 Å². The van der Waals surface area contributed by atoms with E-state index in [1.54, 1.807) is 0 Å². The van der Waals surface area contributed by atoms with Crippen molar-refractivity contribution < 1.29 is 38.0 Å². The summed E-state index contributed by atoms with van der Waals surface area (Å²) in [5.74, 6) is -0.0819. The molecule has 0 saturated carbocycles. The highest BCUT2D eigenvalue weighted by molar-refractivity contribution is 5.89. The molecule has 2 bridgehead atoms. The van der Waals surface area contributed by atoms with Crippen LogP contribution < -0.4 is 24.0 Å².